The minimum atomic E-state index is -0.665. The molecular weight excluding hydrogens is 419 g/mol. The van der Waals surface area contributed by atoms with Gasteiger partial charge in [-0.2, -0.15) is 0 Å². The highest BCUT2D eigenvalue weighted by Gasteiger charge is 2.35. The van der Waals surface area contributed by atoms with Crippen molar-refractivity contribution in [3.8, 4) is 11.5 Å². The third kappa shape index (κ3) is 3.73. The van der Waals surface area contributed by atoms with Crippen LogP contribution in [0.1, 0.15) is 5.56 Å². The molecule has 156 valence electrons. The van der Waals surface area contributed by atoms with Crippen molar-refractivity contribution < 1.29 is 23.5 Å². The quantitative estimate of drug-likeness (QED) is 0.383. The maximum absolute atomic E-state index is 13.7. The van der Waals surface area contributed by atoms with Crippen LogP contribution in [-0.4, -0.2) is 31.1 Å². The lowest BCUT2D eigenvalue weighted by atomic mass is 9.99. The van der Waals surface area contributed by atoms with Gasteiger partial charge in [0.15, 0.2) is 5.11 Å². The van der Waals surface area contributed by atoms with Gasteiger partial charge in [0.1, 0.15) is 22.9 Å². The van der Waals surface area contributed by atoms with E-state index < -0.39 is 17.6 Å². The summed E-state index contributed by atoms with van der Waals surface area (Å²) >= 11 is 5.16. The molecule has 1 fully saturated rings. The van der Waals surface area contributed by atoms with E-state index in [1.54, 1.807) is 19.2 Å². The summed E-state index contributed by atoms with van der Waals surface area (Å²) in [4.78, 5) is 27.0. The fraction of sp³-hybridized carbons (Fsp3) is 0.0870. The van der Waals surface area contributed by atoms with Gasteiger partial charge >= 0.3 is 0 Å². The van der Waals surface area contributed by atoms with E-state index >= 15 is 0 Å². The maximum Gasteiger partial charge on any atom is 0.270 e. The molecule has 0 saturated carbocycles. The number of nitrogens with one attached hydrogen (secondary N) is 1. The van der Waals surface area contributed by atoms with Crippen molar-refractivity contribution in [1.82, 2.24) is 5.32 Å². The molecular formula is C23H17FN2O4S. The van der Waals surface area contributed by atoms with Crippen molar-refractivity contribution in [2.24, 2.45) is 0 Å². The van der Waals surface area contributed by atoms with Crippen LogP contribution in [-0.2, 0) is 9.59 Å². The van der Waals surface area contributed by atoms with Crippen molar-refractivity contribution in [3.63, 3.8) is 0 Å². The number of hydrogen-bond acceptors (Lipinski definition) is 5. The molecule has 2 amide bonds. The molecule has 1 aliphatic heterocycles. The molecule has 1 saturated heterocycles. The van der Waals surface area contributed by atoms with E-state index in [4.69, 9.17) is 21.7 Å². The third-order valence-corrected chi connectivity index (χ3v) is 5.19. The number of nitrogens with zero attached hydrogens (tertiary/aromatic N) is 1. The summed E-state index contributed by atoms with van der Waals surface area (Å²) in [6.07, 6.45) is 1.45. The van der Waals surface area contributed by atoms with Crippen molar-refractivity contribution >= 4 is 51.7 Å². The third-order valence-electron chi connectivity index (χ3n) is 4.91. The van der Waals surface area contributed by atoms with Gasteiger partial charge in [0, 0.05) is 5.56 Å². The van der Waals surface area contributed by atoms with Gasteiger partial charge in [0.25, 0.3) is 11.8 Å². The molecule has 3 aromatic carbocycles. The van der Waals surface area contributed by atoms with E-state index in [9.17, 15) is 14.0 Å². The number of hydrogen-bond donors (Lipinski definition) is 1. The molecule has 1 N–H and O–H groups in total. The van der Waals surface area contributed by atoms with Crippen LogP contribution in [0, 0.1) is 5.82 Å². The van der Waals surface area contributed by atoms with E-state index in [1.165, 1.54) is 37.5 Å². The number of methoxy groups -OCH3 is 2. The molecule has 0 atom stereocenters. The lowest BCUT2D eigenvalue weighted by Gasteiger charge is -2.29. The van der Waals surface area contributed by atoms with E-state index in [0.717, 1.165) is 15.7 Å². The molecule has 31 heavy (non-hydrogen) atoms. The highest BCUT2D eigenvalue weighted by Crippen LogP contribution is 2.33. The standard InChI is InChI=1S/C23H17FN2O4S/c1-29-16-8-6-13-7-9-20(30-2)18(17(13)11-16)12-19-21(27)25-23(31)26(22(19)28)15-5-3-4-14(24)10-15/h3-12H,1-2H3,(H,25,27,31). The lowest BCUT2D eigenvalue weighted by molar-refractivity contribution is -0.122. The summed E-state index contributed by atoms with van der Waals surface area (Å²) in [7, 11) is 3.05. The molecule has 6 nitrogen and oxygen atoms in total. The lowest BCUT2D eigenvalue weighted by Crippen LogP contribution is -2.54. The number of carbonyl (C=O) groups excluding carboxylic acids is 2. The SMILES string of the molecule is COc1ccc2ccc(OC)c(C=C3C(=O)NC(=S)N(c4cccc(F)c4)C3=O)c2c1. The molecule has 3 aromatic rings. The number of ether oxygens (including phenoxy) is 2. The summed E-state index contributed by atoms with van der Waals surface area (Å²) in [5.74, 6) is -0.758. The Bertz CT molecular complexity index is 1270. The first kappa shape index (κ1) is 20.5. The Morgan fingerprint density at radius 2 is 1.81 bits per heavy atom. The summed E-state index contributed by atoms with van der Waals surface area (Å²) in [6.45, 7) is 0. The van der Waals surface area contributed by atoms with E-state index in [-0.39, 0.29) is 16.4 Å². The second kappa shape index (κ2) is 8.16. The predicted molar refractivity (Wildman–Crippen MR) is 120 cm³/mol. The fourth-order valence-electron chi connectivity index (χ4n) is 3.41. The van der Waals surface area contributed by atoms with Gasteiger partial charge in [-0.25, -0.2) is 4.39 Å². The van der Waals surface area contributed by atoms with Gasteiger partial charge in [-0.15, -0.1) is 0 Å². The number of amides is 2. The molecule has 1 aliphatic rings. The van der Waals surface area contributed by atoms with Crippen molar-refractivity contribution in [2.45, 2.75) is 0 Å². The second-order valence-corrected chi connectivity index (χ2v) is 7.09. The molecule has 8 heteroatoms. The van der Waals surface area contributed by atoms with Crippen molar-refractivity contribution in [1.29, 1.82) is 0 Å². The van der Waals surface area contributed by atoms with Crippen LogP contribution in [0.25, 0.3) is 16.8 Å². The number of fused-ring (bicyclic) bond motifs is 1. The van der Waals surface area contributed by atoms with Crippen molar-refractivity contribution in [2.75, 3.05) is 19.1 Å². The Hall–Kier alpha value is -3.78. The first-order chi connectivity index (χ1) is 14.9. The minimum absolute atomic E-state index is 0.121. The van der Waals surface area contributed by atoms with Gasteiger partial charge in [0.05, 0.1) is 19.9 Å². The molecule has 0 aromatic heterocycles. The number of anilines is 1. The van der Waals surface area contributed by atoms with E-state index in [1.807, 2.05) is 18.2 Å². The van der Waals surface area contributed by atoms with Crippen LogP contribution >= 0.6 is 12.2 Å². The molecule has 0 aliphatic carbocycles. The number of rotatable bonds is 4. The molecule has 4 rings (SSSR count). The molecule has 0 radical (unpaired) electrons. The summed E-state index contributed by atoms with van der Waals surface area (Å²) in [6, 6.07) is 14.5. The minimum Gasteiger partial charge on any atom is -0.497 e. The molecule has 0 spiro atoms. The summed E-state index contributed by atoms with van der Waals surface area (Å²) in [5.41, 5.74) is 0.586. The Labute approximate surface area is 182 Å². The fourth-order valence-corrected chi connectivity index (χ4v) is 3.69. The highest BCUT2D eigenvalue weighted by molar-refractivity contribution is 7.80. The average molecular weight is 436 g/mol. The summed E-state index contributed by atoms with van der Waals surface area (Å²) in [5, 5.41) is 3.98. The van der Waals surface area contributed by atoms with Crippen LogP contribution in [0.5, 0.6) is 11.5 Å². The largest absolute Gasteiger partial charge is 0.497 e. The smallest absolute Gasteiger partial charge is 0.270 e. The first-order valence-corrected chi connectivity index (χ1v) is 9.65. The van der Waals surface area contributed by atoms with Gasteiger partial charge in [-0.3, -0.25) is 19.8 Å². The molecule has 0 bridgehead atoms. The van der Waals surface area contributed by atoms with Crippen LogP contribution in [0.3, 0.4) is 0 Å². The Morgan fingerprint density at radius 3 is 2.52 bits per heavy atom. The van der Waals surface area contributed by atoms with E-state index in [0.29, 0.717) is 17.1 Å². The van der Waals surface area contributed by atoms with Crippen LogP contribution in [0.4, 0.5) is 10.1 Å². The van der Waals surface area contributed by atoms with Crippen LogP contribution < -0.4 is 19.7 Å². The van der Waals surface area contributed by atoms with Gasteiger partial charge < -0.3 is 9.47 Å². The zero-order valence-corrected chi connectivity index (χ0v) is 17.5. The average Bonchev–Trinajstić information content (AvgIpc) is 2.76. The maximum atomic E-state index is 13.7. The summed E-state index contributed by atoms with van der Waals surface area (Å²) < 4.78 is 24.5. The van der Waals surface area contributed by atoms with Crippen LogP contribution in [0.2, 0.25) is 0 Å². The van der Waals surface area contributed by atoms with Gasteiger partial charge in [-0.05, 0) is 65.5 Å². The zero-order valence-electron chi connectivity index (χ0n) is 16.6. The van der Waals surface area contributed by atoms with Gasteiger partial charge in [-0.1, -0.05) is 18.2 Å². The molecule has 0 unspecified atom stereocenters. The number of carbonyl (C=O) groups is 2. The normalized spacial score (nSPS) is 15.4. The highest BCUT2D eigenvalue weighted by atomic mass is 32.1. The predicted octanol–water partition coefficient (Wildman–Crippen LogP) is 3.83. The van der Waals surface area contributed by atoms with Crippen LogP contribution in [0.15, 0.2) is 60.2 Å². The topological polar surface area (TPSA) is 67.9 Å². The number of thiocarbonyl (C=S) groups is 1. The number of halogens is 1. The molecule has 1 heterocycles. The number of benzene rings is 3. The Morgan fingerprint density at radius 1 is 1.03 bits per heavy atom. The first-order valence-electron chi connectivity index (χ1n) is 9.24. The zero-order chi connectivity index (χ0) is 22.1. The Kier molecular flexibility index (Phi) is 5.39. The van der Waals surface area contributed by atoms with E-state index in [2.05, 4.69) is 5.32 Å². The monoisotopic (exact) mass is 436 g/mol. The van der Waals surface area contributed by atoms with Gasteiger partial charge in [0.2, 0.25) is 0 Å². The Balaban J connectivity index is 1.89. The second-order valence-electron chi connectivity index (χ2n) is 6.71. The van der Waals surface area contributed by atoms with Crippen molar-refractivity contribution in [3.05, 3.63) is 71.6 Å².